The third-order valence-electron chi connectivity index (χ3n) is 6.72. The molecule has 3 aliphatic heterocycles. The van der Waals surface area contributed by atoms with Gasteiger partial charge in [-0.05, 0) is 43.4 Å². The average molecular weight is 413 g/mol. The normalized spacial score (nSPS) is 28.1. The minimum atomic E-state index is -0.737. The summed E-state index contributed by atoms with van der Waals surface area (Å²) in [6.07, 6.45) is 2.99. The summed E-state index contributed by atoms with van der Waals surface area (Å²) in [4.78, 5) is 31.4. The summed E-state index contributed by atoms with van der Waals surface area (Å²) in [6.45, 7) is 3.60. The molecule has 4 rings (SSSR count). The van der Waals surface area contributed by atoms with Gasteiger partial charge in [0.25, 0.3) is 0 Å². The summed E-state index contributed by atoms with van der Waals surface area (Å²) in [5.74, 6) is -0.439. The highest BCUT2D eigenvalue weighted by Gasteiger charge is 2.52. The standard InChI is InChI=1S/C22H28FN5O2/c1-2-19(14-5-7-15(23)8-6-14)28-17-10-20(22(28)30)26(12-17)13-18(25)21(29)27-9-3-4-16(27)11-24/h5-8,16-20H,2-4,9-10,12-13,25H2,1H3/t16?,17-,18?,19?,20?/m0/s1. The molecular weight excluding hydrogens is 385 g/mol. The molecular formula is C22H28FN5O2. The maximum Gasteiger partial charge on any atom is 0.241 e. The molecule has 3 saturated heterocycles. The van der Waals surface area contributed by atoms with Crippen molar-refractivity contribution < 1.29 is 14.0 Å². The van der Waals surface area contributed by atoms with Gasteiger partial charge in [0.1, 0.15) is 11.9 Å². The molecule has 3 aliphatic rings. The van der Waals surface area contributed by atoms with Crippen LogP contribution in [0.25, 0.3) is 0 Å². The Morgan fingerprint density at radius 3 is 2.73 bits per heavy atom. The van der Waals surface area contributed by atoms with Gasteiger partial charge in [0.15, 0.2) is 0 Å². The van der Waals surface area contributed by atoms with Gasteiger partial charge in [0.2, 0.25) is 11.8 Å². The number of benzene rings is 1. The van der Waals surface area contributed by atoms with Crippen LogP contribution < -0.4 is 5.73 Å². The molecule has 0 aliphatic carbocycles. The number of nitrogens with zero attached hydrogens (tertiary/aromatic N) is 4. The van der Waals surface area contributed by atoms with Crippen LogP contribution in [0.1, 0.15) is 44.2 Å². The number of carbonyl (C=O) groups excluding carboxylic acids is 2. The van der Waals surface area contributed by atoms with Gasteiger partial charge in [0.05, 0.1) is 24.2 Å². The van der Waals surface area contributed by atoms with Gasteiger partial charge in [-0.1, -0.05) is 19.1 Å². The van der Waals surface area contributed by atoms with E-state index in [0.717, 1.165) is 24.8 Å². The zero-order valence-electron chi connectivity index (χ0n) is 17.2. The Hall–Kier alpha value is -2.50. The Bertz CT molecular complexity index is 854. The summed E-state index contributed by atoms with van der Waals surface area (Å²) in [5.41, 5.74) is 7.13. The van der Waals surface area contributed by atoms with Crippen molar-refractivity contribution in [1.82, 2.24) is 14.7 Å². The zero-order chi connectivity index (χ0) is 21.4. The SMILES string of the molecule is CCC(c1ccc(F)cc1)N1C(=O)C2C[C@H]1CN2CC(N)C(=O)N1CCCC1C#N. The number of nitrogens with two attached hydrogens (primary N) is 1. The number of halogens is 1. The van der Waals surface area contributed by atoms with Crippen LogP contribution in [0.4, 0.5) is 4.39 Å². The van der Waals surface area contributed by atoms with Crippen molar-refractivity contribution in [2.24, 2.45) is 5.73 Å². The molecule has 0 spiro atoms. The number of rotatable bonds is 6. The molecule has 0 radical (unpaired) electrons. The Morgan fingerprint density at radius 1 is 1.37 bits per heavy atom. The predicted molar refractivity (Wildman–Crippen MR) is 108 cm³/mol. The summed E-state index contributed by atoms with van der Waals surface area (Å²) >= 11 is 0. The molecule has 1 aromatic rings. The van der Waals surface area contributed by atoms with E-state index in [1.807, 2.05) is 16.7 Å². The zero-order valence-corrected chi connectivity index (χ0v) is 17.2. The van der Waals surface area contributed by atoms with E-state index in [1.165, 1.54) is 12.1 Å². The molecule has 2 N–H and O–H groups in total. The Balaban J connectivity index is 1.41. The lowest BCUT2D eigenvalue weighted by Gasteiger charge is -2.39. The second kappa shape index (κ2) is 8.32. The van der Waals surface area contributed by atoms with Crippen molar-refractivity contribution in [1.29, 1.82) is 5.26 Å². The maximum atomic E-state index is 13.3. The number of fused-ring (bicyclic) bond motifs is 2. The predicted octanol–water partition coefficient (Wildman–Crippen LogP) is 1.40. The molecule has 4 unspecified atom stereocenters. The summed E-state index contributed by atoms with van der Waals surface area (Å²) in [7, 11) is 0. The number of likely N-dealkylation sites (tertiary alicyclic amines) is 3. The van der Waals surface area contributed by atoms with E-state index in [-0.39, 0.29) is 35.8 Å². The lowest BCUT2D eigenvalue weighted by atomic mass is 10.0. The first-order valence-electron chi connectivity index (χ1n) is 10.7. The molecule has 30 heavy (non-hydrogen) atoms. The number of carbonyl (C=O) groups is 2. The van der Waals surface area contributed by atoms with Gasteiger partial charge in [-0.3, -0.25) is 14.5 Å². The van der Waals surface area contributed by atoms with Crippen LogP contribution in [0, 0.1) is 17.1 Å². The molecule has 7 nitrogen and oxygen atoms in total. The number of hydrogen-bond donors (Lipinski definition) is 1. The van der Waals surface area contributed by atoms with Gasteiger partial charge >= 0.3 is 0 Å². The van der Waals surface area contributed by atoms with E-state index < -0.39 is 12.1 Å². The fourth-order valence-corrected chi connectivity index (χ4v) is 5.29. The second-order valence-corrected chi connectivity index (χ2v) is 8.51. The number of hydrogen-bond acceptors (Lipinski definition) is 5. The average Bonchev–Trinajstić information content (AvgIpc) is 3.45. The summed E-state index contributed by atoms with van der Waals surface area (Å²) < 4.78 is 13.3. The number of amides is 2. The summed E-state index contributed by atoms with van der Waals surface area (Å²) in [6, 6.07) is 7.12. The maximum absolute atomic E-state index is 13.3. The van der Waals surface area contributed by atoms with Crippen LogP contribution in [0.15, 0.2) is 24.3 Å². The first-order chi connectivity index (χ1) is 14.4. The van der Waals surface area contributed by atoms with Crippen LogP contribution in [0.2, 0.25) is 0 Å². The monoisotopic (exact) mass is 413 g/mol. The van der Waals surface area contributed by atoms with Gasteiger partial charge in [-0.15, -0.1) is 0 Å². The van der Waals surface area contributed by atoms with Crippen molar-refractivity contribution >= 4 is 11.8 Å². The third kappa shape index (κ3) is 3.57. The minimum Gasteiger partial charge on any atom is -0.330 e. The van der Waals surface area contributed by atoms with Crippen molar-refractivity contribution in [3.63, 3.8) is 0 Å². The molecule has 0 aromatic heterocycles. The van der Waals surface area contributed by atoms with E-state index in [4.69, 9.17) is 5.73 Å². The first-order valence-corrected chi connectivity index (χ1v) is 10.7. The van der Waals surface area contributed by atoms with E-state index in [0.29, 0.717) is 26.1 Å². The van der Waals surface area contributed by atoms with Crippen LogP contribution in [0.5, 0.6) is 0 Å². The second-order valence-electron chi connectivity index (χ2n) is 8.51. The van der Waals surface area contributed by atoms with Crippen molar-refractivity contribution in [3.05, 3.63) is 35.6 Å². The molecule has 2 amide bonds. The minimum absolute atomic E-state index is 0.0538. The fourth-order valence-electron chi connectivity index (χ4n) is 5.29. The van der Waals surface area contributed by atoms with Crippen LogP contribution in [-0.2, 0) is 9.59 Å². The molecule has 5 atom stereocenters. The molecule has 8 heteroatoms. The molecule has 3 fully saturated rings. The molecule has 0 saturated carbocycles. The lowest BCUT2D eigenvalue weighted by molar-refractivity contribution is -0.141. The molecule has 1 aromatic carbocycles. The Labute approximate surface area is 176 Å². The van der Waals surface area contributed by atoms with Gasteiger partial charge in [-0.2, -0.15) is 5.26 Å². The van der Waals surface area contributed by atoms with E-state index in [1.54, 1.807) is 17.0 Å². The highest BCUT2D eigenvalue weighted by Crippen LogP contribution is 2.39. The summed E-state index contributed by atoms with van der Waals surface area (Å²) in [5, 5.41) is 9.22. The van der Waals surface area contributed by atoms with Crippen molar-refractivity contribution in [3.8, 4) is 6.07 Å². The Morgan fingerprint density at radius 2 is 2.10 bits per heavy atom. The van der Waals surface area contributed by atoms with Gasteiger partial charge < -0.3 is 15.5 Å². The van der Waals surface area contributed by atoms with E-state index in [9.17, 15) is 19.2 Å². The van der Waals surface area contributed by atoms with Gasteiger partial charge in [-0.25, -0.2) is 4.39 Å². The lowest BCUT2D eigenvalue weighted by Crippen LogP contribution is -2.56. The van der Waals surface area contributed by atoms with Crippen LogP contribution in [-0.4, -0.2) is 70.3 Å². The van der Waals surface area contributed by atoms with Crippen LogP contribution >= 0.6 is 0 Å². The quantitative estimate of drug-likeness (QED) is 0.761. The highest BCUT2D eigenvalue weighted by atomic mass is 19.1. The number of nitriles is 1. The van der Waals surface area contributed by atoms with Gasteiger partial charge in [0, 0.05) is 25.7 Å². The van der Waals surface area contributed by atoms with E-state index >= 15 is 0 Å². The topological polar surface area (TPSA) is 93.7 Å². The molecule has 160 valence electrons. The molecule has 3 heterocycles. The smallest absolute Gasteiger partial charge is 0.241 e. The number of piperazine rings is 1. The highest BCUT2D eigenvalue weighted by molar-refractivity contribution is 5.87. The van der Waals surface area contributed by atoms with Crippen LogP contribution in [0.3, 0.4) is 0 Å². The fraction of sp³-hybridized carbons (Fsp3) is 0.591. The first kappa shape index (κ1) is 20.8. The Kier molecular flexibility index (Phi) is 5.76. The van der Waals surface area contributed by atoms with Crippen molar-refractivity contribution in [2.75, 3.05) is 19.6 Å². The largest absolute Gasteiger partial charge is 0.330 e. The van der Waals surface area contributed by atoms with Crippen molar-refractivity contribution in [2.45, 2.75) is 62.8 Å². The molecule has 2 bridgehead atoms. The van der Waals surface area contributed by atoms with E-state index in [2.05, 4.69) is 6.07 Å². The third-order valence-corrected chi connectivity index (χ3v) is 6.72.